The van der Waals surface area contributed by atoms with E-state index in [9.17, 15) is 0 Å². The summed E-state index contributed by atoms with van der Waals surface area (Å²) < 4.78 is 11.6. The van der Waals surface area contributed by atoms with Crippen molar-refractivity contribution in [1.29, 1.82) is 0 Å². The number of fused-ring (bicyclic) bond motifs is 1. The van der Waals surface area contributed by atoms with Gasteiger partial charge in [0, 0.05) is 12.8 Å². The number of rotatable bonds is 0. The summed E-state index contributed by atoms with van der Waals surface area (Å²) in [7, 11) is 0. The van der Waals surface area contributed by atoms with Crippen LogP contribution in [-0.4, -0.2) is 19.0 Å². The van der Waals surface area contributed by atoms with E-state index in [0.29, 0.717) is 0 Å². The summed E-state index contributed by atoms with van der Waals surface area (Å²) in [5, 5.41) is 0. The lowest BCUT2D eigenvalue weighted by Crippen LogP contribution is -2.37. The van der Waals surface area contributed by atoms with Crippen LogP contribution in [0.15, 0.2) is 11.6 Å². The lowest BCUT2D eigenvalue weighted by atomic mass is 9.75. The first kappa shape index (κ1) is 8.93. The summed E-state index contributed by atoms with van der Waals surface area (Å²) >= 11 is 0. The van der Waals surface area contributed by atoms with Gasteiger partial charge < -0.3 is 9.47 Å². The zero-order chi connectivity index (χ0) is 9.43. The van der Waals surface area contributed by atoms with Gasteiger partial charge in [-0.2, -0.15) is 0 Å². The molecule has 1 heterocycles. The van der Waals surface area contributed by atoms with Crippen LogP contribution >= 0.6 is 0 Å². The molecule has 14 heavy (non-hydrogen) atoms. The molecule has 1 saturated heterocycles. The SMILES string of the molecule is C1=C2CCC3(CC2CCC1)OCCO3. The highest BCUT2D eigenvalue weighted by molar-refractivity contribution is 5.14. The number of ether oxygens (including phenoxy) is 2. The van der Waals surface area contributed by atoms with Gasteiger partial charge in [0.1, 0.15) is 0 Å². The van der Waals surface area contributed by atoms with E-state index in [-0.39, 0.29) is 5.79 Å². The van der Waals surface area contributed by atoms with Crippen molar-refractivity contribution in [2.75, 3.05) is 13.2 Å². The number of hydrogen-bond acceptors (Lipinski definition) is 2. The highest BCUT2D eigenvalue weighted by Crippen LogP contribution is 2.44. The highest BCUT2D eigenvalue weighted by atomic mass is 16.7. The first-order valence-corrected chi connectivity index (χ1v) is 5.85. The summed E-state index contributed by atoms with van der Waals surface area (Å²) in [4.78, 5) is 0. The van der Waals surface area contributed by atoms with Crippen LogP contribution in [0.1, 0.15) is 38.5 Å². The Morgan fingerprint density at radius 2 is 2.14 bits per heavy atom. The molecule has 0 aromatic heterocycles. The standard InChI is InChI=1S/C12H18O2/c1-2-4-11-9-12(13-7-8-14-12)6-5-10(11)3-1/h3,11H,1-2,4-9H2. The molecule has 1 atom stereocenters. The molecule has 78 valence electrons. The topological polar surface area (TPSA) is 18.5 Å². The smallest absolute Gasteiger partial charge is 0.169 e. The Morgan fingerprint density at radius 1 is 1.29 bits per heavy atom. The van der Waals surface area contributed by atoms with E-state index in [0.717, 1.165) is 32.0 Å². The van der Waals surface area contributed by atoms with Crippen molar-refractivity contribution in [2.24, 2.45) is 5.92 Å². The zero-order valence-electron chi connectivity index (χ0n) is 8.63. The van der Waals surface area contributed by atoms with Crippen LogP contribution in [0, 0.1) is 5.92 Å². The second-order valence-corrected chi connectivity index (χ2v) is 4.72. The fourth-order valence-corrected chi connectivity index (χ4v) is 3.11. The average molecular weight is 194 g/mol. The van der Waals surface area contributed by atoms with Gasteiger partial charge in [-0.1, -0.05) is 11.6 Å². The maximum atomic E-state index is 5.78. The van der Waals surface area contributed by atoms with Crippen molar-refractivity contribution < 1.29 is 9.47 Å². The van der Waals surface area contributed by atoms with E-state index in [4.69, 9.17) is 9.47 Å². The second-order valence-electron chi connectivity index (χ2n) is 4.72. The summed E-state index contributed by atoms with van der Waals surface area (Å²) in [5.41, 5.74) is 1.68. The van der Waals surface area contributed by atoms with E-state index < -0.39 is 0 Å². The van der Waals surface area contributed by atoms with Gasteiger partial charge in [0.15, 0.2) is 5.79 Å². The lowest BCUT2D eigenvalue weighted by molar-refractivity contribution is -0.180. The van der Waals surface area contributed by atoms with Crippen LogP contribution in [0.25, 0.3) is 0 Å². The van der Waals surface area contributed by atoms with Crippen molar-refractivity contribution in [1.82, 2.24) is 0 Å². The molecular formula is C12H18O2. The van der Waals surface area contributed by atoms with E-state index in [1.54, 1.807) is 5.57 Å². The molecule has 0 amide bonds. The first-order valence-electron chi connectivity index (χ1n) is 5.85. The highest BCUT2D eigenvalue weighted by Gasteiger charge is 2.43. The van der Waals surface area contributed by atoms with E-state index in [1.807, 2.05) is 0 Å². The molecule has 0 aromatic carbocycles. The Labute approximate surface area is 85.3 Å². The normalized spacial score (nSPS) is 35.4. The largest absolute Gasteiger partial charge is 0.348 e. The third kappa shape index (κ3) is 1.41. The minimum Gasteiger partial charge on any atom is -0.348 e. The third-order valence-electron chi connectivity index (χ3n) is 3.85. The summed E-state index contributed by atoms with van der Waals surface area (Å²) in [6, 6.07) is 0. The van der Waals surface area contributed by atoms with Crippen molar-refractivity contribution >= 4 is 0 Å². The van der Waals surface area contributed by atoms with Crippen molar-refractivity contribution in [3.63, 3.8) is 0 Å². The zero-order valence-corrected chi connectivity index (χ0v) is 8.63. The van der Waals surface area contributed by atoms with E-state index in [1.165, 1.54) is 25.7 Å². The Kier molecular flexibility index (Phi) is 2.14. The molecule has 1 aliphatic heterocycles. The Morgan fingerprint density at radius 3 is 3.00 bits per heavy atom. The molecule has 3 rings (SSSR count). The predicted molar refractivity (Wildman–Crippen MR) is 53.9 cm³/mol. The van der Waals surface area contributed by atoms with Crippen LogP contribution in [-0.2, 0) is 9.47 Å². The molecule has 0 radical (unpaired) electrons. The Hall–Kier alpha value is -0.340. The molecule has 2 fully saturated rings. The first-order chi connectivity index (χ1) is 6.88. The van der Waals surface area contributed by atoms with Crippen LogP contribution in [0.4, 0.5) is 0 Å². The van der Waals surface area contributed by atoms with Gasteiger partial charge in [0.05, 0.1) is 13.2 Å². The number of allylic oxidation sites excluding steroid dienone is 2. The molecule has 0 aromatic rings. The number of hydrogen-bond donors (Lipinski definition) is 0. The molecular weight excluding hydrogens is 176 g/mol. The molecule has 0 N–H and O–H groups in total. The van der Waals surface area contributed by atoms with Crippen LogP contribution in [0.2, 0.25) is 0 Å². The monoisotopic (exact) mass is 194 g/mol. The van der Waals surface area contributed by atoms with Crippen LogP contribution in [0.5, 0.6) is 0 Å². The molecule has 2 heteroatoms. The van der Waals surface area contributed by atoms with Gasteiger partial charge >= 0.3 is 0 Å². The minimum atomic E-state index is -0.181. The van der Waals surface area contributed by atoms with Gasteiger partial charge in [-0.3, -0.25) is 0 Å². The van der Waals surface area contributed by atoms with Crippen LogP contribution < -0.4 is 0 Å². The van der Waals surface area contributed by atoms with Gasteiger partial charge in [-0.25, -0.2) is 0 Å². The molecule has 0 bridgehead atoms. The molecule has 2 aliphatic carbocycles. The molecule has 2 nitrogen and oxygen atoms in total. The molecule has 1 unspecified atom stereocenters. The van der Waals surface area contributed by atoms with Gasteiger partial charge in [0.2, 0.25) is 0 Å². The van der Waals surface area contributed by atoms with Crippen molar-refractivity contribution in [2.45, 2.75) is 44.3 Å². The maximum Gasteiger partial charge on any atom is 0.169 e. The summed E-state index contributed by atoms with van der Waals surface area (Å²) in [5.74, 6) is 0.579. The van der Waals surface area contributed by atoms with E-state index >= 15 is 0 Å². The quantitative estimate of drug-likeness (QED) is 0.552. The maximum absolute atomic E-state index is 5.78. The Balaban J connectivity index is 1.77. The third-order valence-corrected chi connectivity index (χ3v) is 3.85. The average Bonchev–Trinajstić information content (AvgIpc) is 2.66. The second kappa shape index (κ2) is 3.35. The fraction of sp³-hybridized carbons (Fsp3) is 0.833. The lowest BCUT2D eigenvalue weighted by Gasteiger charge is -2.39. The molecule has 1 saturated carbocycles. The Bertz CT molecular complexity index is 251. The molecule has 3 aliphatic rings. The van der Waals surface area contributed by atoms with Crippen molar-refractivity contribution in [3.05, 3.63) is 11.6 Å². The summed E-state index contributed by atoms with van der Waals surface area (Å²) in [6.07, 6.45) is 9.83. The van der Waals surface area contributed by atoms with Gasteiger partial charge in [0.25, 0.3) is 0 Å². The van der Waals surface area contributed by atoms with Crippen molar-refractivity contribution in [3.8, 4) is 0 Å². The molecule has 1 spiro atoms. The predicted octanol–water partition coefficient (Wildman–Crippen LogP) is 2.64. The van der Waals surface area contributed by atoms with E-state index in [2.05, 4.69) is 6.08 Å². The minimum absolute atomic E-state index is 0.181. The van der Waals surface area contributed by atoms with Gasteiger partial charge in [-0.05, 0) is 31.6 Å². The fourth-order valence-electron chi connectivity index (χ4n) is 3.11. The van der Waals surface area contributed by atoms with Gasteiger partial charge in [-0.15, -0.1) is 0 Å². The summed E-state index contributed by atoms with van der Waals surface area (Å²) in [6.45, 7) is 1.59. The van der Waals surface area contributed by atoms with Crippen LogP contribution in [0.3, 0.4) is 0 Å².